The minimum atomic E-state index is 0.300. The number of nitrogens with one attached hydrogen (secondary N) is 1. The molecule has 0 aromatic heterocycles. The average Bonchev–Trinajstić information content (AvgIpc) is 2.48. The Morgan fingerprint density at radius 1 is 0.773 bits per heavy atom. The van der Waals surface area contributed by atoms with Crippen LogP contribution in [0.3, 0.4) is 0 Å². The Bertz CT molecular complexity index is 256. The third kappa shape index (κ3) is 11.1. The Balaban J connectivity index is 1.92. The summed E-state index contributed by atoms with van der Waals surface area (Å²) in [5.41, 5.74) is 0. The first-order valence-electron chi connectivity index (χ1n) is 10.1. The molecule has 2 heteroatoms. The number of amides is 1. The zero-order valence-electron chi connectivity index (χ0n) is 15.0. The van der Waals surface area contributed by atoms with Gasteiger partial charge in [-0.2, -0.15) is 0 Å². The van der Waals surface area contributed by atoms with Crippen molar-refractivity contribution in [2.45, 2.75) is 122 Å². The zero-order chi connectivity index (χ0) is 15.9. The van der Waals surface area contributed by atoms with Gasteiger partial charge in [0.05, 0.1) is 0 Å². The van der Waals surface area contributed by atoms with E-state index in [2.05, 4.69) is 12.2 Å². The van der Waals surface area contributed by atoms with Crippen LogP contribution in [0.2, 0.25) is 0 Å². The Kier molecular flexibility index (Phi) is 12.5. The molecule has 0 aliphatic heterocycles. The lowest BCUT2D eigenvalue weighted by molar-refractivity contribution is -0.122. The number of carbonyl (C=O) groups is 1. The summed E-state index contributed by atoms with van der Waals surface area (Å²) in [6, 6.07) is 0.464. The second-order valence-electron chi connectivity index (χ2n) is 7.19. The predicted molar refractivity (Wildman–Crippen MR) is 96.1 cm³/mol. The van der Waals surface area contributed by atoms with E-state index in [-0.39, 0.29) is 0 Å². The maximum atomic E-state index is 12.0. The monoisotopic (exact) mass is 309 g/mol. The Morgan fingerprint density at radius 2 is 1.27 bits per heavy atom. The lowest BCUT2D eigenvalue weighted by Gasteiger charge is -2.21. The number of carbonyl (C=O) groups excluding carboxylic acids is 1. The molecule has 1 fully saturated rings. The number of rotatable bonds is 11. The summed E-state index contributed by atoms with van der Waals surface area (Å²) < 4.78 is 0. The van der Waals surface area contributed by atoms with Crippen LogP contribution in [0, 0.1) is 0 Å². The van der Waals surface area contributed by atoms with Crippen LogP contribution in [0.5, 0.6) is 0 Å². The van der Waals surface area contributed by atoms with Gasteiger partial charge >= 0.3 is 0 Å². The number of hydrogen-bond donors (Lipinski definition) is 1. The smallest absolute Gasteiger partial charge is 0.220 e. The van der Waals surface area contributed by atoms with E-state index in [1.54, 1.807) is 0 Å². The second kappa shape index (κ2) is 14.1. The number of unbranched alkanes of at least 4 members (excludes halogenated alkanes) is 8. The van der Waals surface area contributed by atoms with E-state index in [4.69, 9.17) is 0 Å². The van der Waals surface area contributed by atoms with Crippen molar-refractivity contribution in [1.82, 2.24) is 5.32 Å². The molecule has 1 rings (SSSR count). The van der Waals surface area contributed by atoms with Crippen molar-refractivity contribution in [3.8, 4) is 0 Å². The summed E-state index contributed by atoms with van der Waals surface area (Å²) in [7, 11) is 0. The van der Waals surface area contributed by atoms with Gasteiger partial charge in [-0.1, -0.05) is 90.4 Å². The summed E-state index contributed by atoms with van der Waals surface area (Å²) in [5, 5.41) is 3.27. The van der Waals surface area contributed by atoms with Gasteiger partial charge in [-0.05, 0) is 19.3 Å². The van der Waals surface area contributed by atoms with Crippen molar-refractivity contribution in [2.75, 3.05) is 0 Å². The van der Waals surface area contributed by atoms with E-state index < -0.39 is 0 Å². The summed E-state index contributed by atoms with van der Waals surface area (Å²) in [6.45, 7) is 2.27. The molecule has 1 amide bonds. The van der Waals surface area contributed by atoms with Gasteiger partial charge in [-0.25, -0.2) is 0 Å². The van der Waals surface area contributed by atoms with Crippen molar-refractivity contribution in [3.63, 3.8) is 0 Å². The molecule has 0 heterocycles. The van der Waals surface area contributed by atoms with Crippen molar-refractivity contribution in [2.24, 2.45) is 0 Å². The Hall–Kier alpha value is -0.530. The minimum Gasteiger partial charge on any atom is -0.353 e. The van der Waals surface area contributed by atoms with Crippen molar-refractivity contribution >= 4 is 5.91 Å². The normalized spacial score (nSPS) is 17.0. The molecule has 0 unspecified atom stereocenters. The fourth-order valence-corrected chi connectivity index (χ4v) is 3.50. The maximum Gasteiger partial charge on any atom is 0.220 e. The molecule has 0 spiro atoms. The molecule has 130 valence electrons. The van der Waals surface area contributed by atoms with Crippen LogP contribution in [0.1, 0.15) is 116 Å². The molecule has 0 aromatic carbocycles. The van der Waals surface area contributed by atoms with Gasteiger partial charge < -0.3 is 5.32 Å². The van der Waals surface area contributed by atoms with Crippen LogP contribution < -0.4 is 5.32 Å². The van der Waals surface area contributed by atoms with Crippen LogP contribution >= 0.6 is 0 Å². The first kappa shape index (κ1) is 19.5. The van der Waals surface area contributed by atoms with Crippen LogP contribution in [0.15, 0.2) is 0 Å². The van der Waals surface area contributed by atoms with Gasteiger partial charge in [0.1, 0.15) is 0 Å². The van der Waals surface area contributed by atoms with Gasteiger partial charge in [-0.15, -0.1) is 0 Å². The topological polar surface area (TPSA) is 29.1 Å². The highest BCUT2D eigenvalue weighted by Crippen LogP contribution is 2.17. The SMILES string of the molecule is CCCCCCCCCCCC(=O)NC1CCCCCCC1. The number of hydrogen-bond acceptors (Lipinski definition) is 1. The molecule has 1 N–H and O–H groups in total. The standard InChI is InChI=1S/C20H39NO/c1-2-3-4-5-6-7-8-12-15-18-20(22)21-19-16-13-10-9-11-14-17-19/h19H,2-18H2,1H3,(H,21,22). The van der Waals surface area contributed by atoms with Crippen molar-refractivity contribution in [1.29, 1.82) is 0 Å². The average molecular weight is 310 g/mol. The molecule has 1 aliphatic rings. The molecular formula is C20H39NO. The molecule has 1 saturated carbocycles. The fraction of sp³-hybridized carbons (Fsp3) is 0.950. The molecule has 0 atom stereocenters. The van der Waals surface area contributed by atoms with Crippen LogP contribution in [0.4, 0.5) is 0 Å². The van der Waals surface area contributed by atoms with Gasteiger partial charge in [0.25, 0.3) is 0 Å². The molecule has 0 bridgehead atoms. The summed E-state index contributed by atoms with van der Waals surface area (Å²) in [6.07, 6.45) is 21.7. The summed E-state index contributed by atoms with van der Waals surface area (Å²) in [5.74, 6) is 0.300. The van der Waals surface area contributed by atoms with Gasteiger partial charge in [0.2, 0.25) is 5.91 Å². The zero-order valence-corrected chi connectivity index (χ0v) is 15.0. The Labute approximate surface area is 138 Å². The molecule has 2 nitrogen and oxygen atoms in total. The first-order valence-corrected chi connectivity index (χ1v) is 10.1. The molecule has 1 aliphatic carbocycles. The molecule has 0 saturated heterocycles. The van der Waals surface area contributed by atoms with E-state index in [0.29, 0.717) is 11.9 Å². The minimum absolute atomic E-state index is 0.300. The summed E-state index contributed by atoms with van der Waals surface area (Å²) >= 11 is 0. The second-order valence-corrected chi connectivity index (χ2v) is 7.19. The lowest BCUT2D eigenvalue weighted by Crippen LogP contribution is -2.35. The van der Waals surface area contributed by atoms with E-state index in [9.17, 15) is 4.79 Å². The van der Waals surface area contributed by atoms with E-state index in [1.165, 1.54) is 96.3 Å². The van der Waals surface area contributed by atoms with E-state index in [1.807, 2.05) is 0 Å². The van der Waals surface area contributed by atoms with Gasteiger partial charge in [0.15, 0.2) is 0 Å². The molecule has 0 aromatic rings. The third-order valence-electron chi connectivity index (χ3n) is 4.98. The highest BCUT2D eigenvalue weighted by molar-refractivity contribution is 5.76. The molecular weight excluding hydrogens is 270 g/mol. The van der Waals surface area contributed by atoms with Crippen molar-refractivity contribution in [3.05, 3.63) is 0 Å². The van der Waals surface area contributed by atoms with Crippen LogP contribution in [-0.2, 0) is 4.79 Å². The quantitative estimate of drug-likeness (QED) is 0.456. The van der Waals surface area contributed by atoms with E-state index >= 15 is 0 Å². The van der Waals surface area contributed by atoms with Gasteiger partial charge in [-0.3, -0.25) is 4.79 Å². The lowest BCUT2D eigenvalue weighted by atomic mass is 9.96. The highest BCUT2D eigenvalue weighted by Gasteiger charge is 2.13. The molecule has 0 radical (unpaired) electrons. The van der Waals surface area contributed by atoms with Gasteiger partial charge in [0, 0.05) is 12.5 Å². The highest BCUT2D eigenvalue weighted by atomic mass is 16.1. The Morgan fingerprint density at radius 3 is 1.86 bits per heavy atom. The molecule has 22 heavy (non-hydrogen) atoms. The first-order chi connectivity index (χ1) is 10.8. The largest absolute Gasteiger partial charge is 0.353 e. The predicted octanol–water partition coefficient (Wildman–Crippen LogP) is 6.14. The van der Waals surface area contributed by atoms with E-state index in [0.717, 1.165) is 12.8 Å². The maximum absolute atomic E-state index is 12.0. The fourth-order valence-electron chi connectivity index (χ4n) is 3.50. The van der Waals surface area contributed by atoms with Crippen LogP contribution in [0.25, 0.3) is 0 Å². The third-order valence-corrected chi connectivity index (χ3v) is 4.98. The summed E-state index contributed by atoms with van der Waals surface area (Å²) in [4.78, 5) is 12.0. The van der Waals surface area contributed by atoms with Crippen molar-refractivity contribution < 1.29 is 4.79 Å². The van der Waals surface area contributed by atoms with Crippen LogP contribution in [-0.4, -0.2) is 11.9 Å².